The molecule has 1 aromatic rings. The van der Waals surface area contributed by atoms with Crippen LogP contribution in [0.2, 0.25) is 0 Å². The summed E-state index contributed by atoms with van der Waals surface area (Å²) >= 11 is 0. The molecule has 0 aliphatic rings. The van der Waals surface area contributed by atoms with E-state index < -0.39 is 0 Å². The summed E-state index contributed by atoms with van der Waals surface area (Å²) in [6.07, 6.45) is 1.34. The van der Waals surface area contributed by atoms with Crippen LogP contribution in [0.1, 0.15) is 41.3 Å². The van der Waals surface area contributed by atoms with Crippen LogP contribution in [0.25, 0.3) is 0 Å². The fourth-order valence-corrected chi connectivity index (χ4v) is 2.38. The van der Waals surface area contributed by atoms with Gasteiger partial charge < -0.3 is 9.47 Å². The van der Waals surface area contributed by atoms with Crippen LogP contribution in [0.3, 0.4) is 0 Å². The van der Waals surface area contributed by atoms with Gasteiger partial charge in [-0.15, -0.1) is 9.24 Å². The Morgan fingerprint density at radius 2 is 1.68 bits per heavy atom. The lowest BCUT2D eigenvalue weighted by Gasteiger charge is -2.17. The number of carbonyl (C=O) groups excluding carboxylic acids is 1. The normalized spacial score (nSPS) is 12.1. The van der Waals surface area contributed by atoms with E-state index in [9.17, 15) is 4.79 Å². The number of carbonyl (C=O) groups is 1. The molecule has 0 saturated heterocycles. The molecule has 0 N–H and O–H groups in total. The summed E-state index contributed by atoms with van der Waals surface area (Å²) in [4.78, 5) is 12.4. The molecule has 0 amide bonds. The molecule has 0 heterocycles. The van der Waals surface area contributed by atoms with E-state index in [4.69, 9.17) is 9.47 Å². The SMILES string of the molecule is COc1c(C)cc(C)c(OC)c1C(=O)CCC(C)P. The first kappa shape index (κ1) is 16.0. The van der Waals surface area contributed by atoms with Gasteiger partial charge in [0.05, 0.1) is 14.2 Å². The zero-order valence-electron chi connectivity index (χ0n) is 12.4. The van der Waals surface area contributed by atoms with Crippen LogP contribution in [-0.4, -0.2) is 25.7 Å². The molecular formula is C15H23O3P. The molecule has 2 unspecified atom stereocenters. The predicted octanol–water partition coefficient (Wildman–Crippen LogP) is 3.55. The Morgan fingerprint density at radius 1 is 1.21 bits per heavy atom. The fraction of sp³-hybridized carbons (Fsp3) is 0.533. The second kappa shape index (κ2) is 6.91. The van der Waals surface area contributed by atoms with Crippen molar-refractivity contribution in [3.63, 3.8) is 0 Å². The number of ether oxygens (including phenoxy) is 2. The van der Waals surface area contributed by atoms with E-state index in [0.717, 1.165) is 17.5 Å². The molecule has 0 aliphatic carbocycles. The highest BCUT2D eigenvalue weighted by Crippen LogP contribution is 2.36. The largest absolute Gasteiger partial charge is 0.496 e. The maximum atomic E-state index is 12.4. The van der Waals surface area contributed by atoms with Crippen molar-refractivity contribution in [2.75, 3.05) is 14.2 Å². The smallest absolute Gasteiger partial charge is 0.170 e. The monoisotopic (exact) mass is 282 g/mol. The second-order valence-electron chi connectivity index (χ2n) is 4.89. The summed E-state index contributed by atoms with van der Waals surface area (Å²) in [6.45, 7) is 5.97. The Hall–Kier alpha value is -1.08. The molecule has 0 aliphatic heterocycles. The number of benzene rings is 1. The van der Waals surface area contributed by atoms with Gasteiger partial charge in [0.1, 0.15) is 17.1 Å². The molecule has 4 heteroatoms. The van der Waals surface area contributed by atoms with Crippen LogP contribution in [-0.2, 0) is 0 Å². The van der Waals surface area contributed by atoms with Gasteiger partial charge in [0.2, 0.25) is 0 Å². The molecule has 0 saturated carbocycles. The van der Waals surface area contributed by atoms with Gasteiger partial charge in [-0.2, -0.15) is 0 Å². The Labute approximate surface area is 117 Å². The zero-order chi connectivity index (χ0) is 14.6. The number of aryl methyl sites for hydroxylation is 2. The molecule has 1 aromatic carbocycles. The van der Waals surface area contributed by atoms with E-state index in [0.29, 0.717) is 29.1 Å². The van der Waals surface area contributed by atoms with Gasteiger partial charge in [-0.1, -0.05) is 6.92 Å². The lowest BCUT2D eigenvalue weighted by molar-refractivity contribution is 0.0973. The maximum absolute atomic E-state index is 12.4. The Bertz CT molecular complexity index is 439. The van der Waals surface area contributed by atoms with E-state index in [2.05, 4.69) is 16.2 Å². The van der Waals surface area contributed by atoms with Crippen molar-refractivity contribution in [1.82, 2.24) is 0 Å². The number of rotatable bonds is 6. The minimum atomic E-state index is 0.0785. The molecule has 0 fully saturated rings. The third kappa shape index (κ3) is 3.70. The summed E-state index contributed by atoms with van der Waals surface area (Å²) in [6, 6.07) is 1.98. The van der Waals surface area contributed by atoms with Gasteiger partial charge in [0.25, 0.3) is 0 Å². The molecule has 0 aromatic heterocycles. The molecule has 0 radical (unpaired) electrons. The molecule has 106 valence electrons. The first-order valence-corrected chi connectivity index (χ1v) is 7.10. The molecule has 1 rings (SSSR count). The number of methoxy groups -OCH3 is 2. The molecule has 3 nitrogen and oxygen atoms in total. The first-order valence-electron chi connectivity index (χ1n) is 6.43. The van der Waals surface area contributed by atoms with E-state index in [-0.39, 0.29) is 5.78 Å². The third-order valence-electron chi connectivity index (χ3n) is 3.12. The van der Waals surface area contributed by atoms with Crippen LogP contribution in [0.4, 0.5) is 0 Å². The van der Waals surface area contributed by atoms with Crippen LogP contribution < -0.4 is 9.47 Å². The Balaban J connectivity index is 3.25. The average Bonchev–Trinajstić information content (AvgIpc) is 2.35. The van der Waals surface area contributed by atoms with Crippen molar-refractivity contribution >= 4 is 15.0 Å². The molecule has 0 bridgehead atoms. The minimum absolute atomic E-state index is 0.0785. The van der Waals surface area contributed by atoms with Crippen LogP contribution in [0.5, 0.6) is 11.5 Å². The van der Waals surface area contributed by atoms with Crippen LogP contribution in [0, 0.1) is 13.8 Å². The number of Topliss-reactive ketones (excluding diaryl/α,β-unsaturated/α-hetero) is 1. The summed E-state index contributed by atoms with van der Waals surface area (Å²) in [5.41, 5.74) is 2.92. The van der Waals surface area contributed by atoms with Gasteiger partial charge in [-0.25, -0.2) is 0 Å². The van der Waals surface area contributed by atoms with Gasteiger partial charge >= 0.3 is 0 Å². The number of ketones is 1. The number of hydrogen-bond donors (Lipinski definition) is 0. The van der Waals surface area contributed by atoms with Crippen molar-refractivity contribution in [2.24, 2.45) is 0 Å². The van der Waals surface area contributed by atoms with Crippen molar-refractivity contribution in [3.05, 3.63) is 22.8 Å². The van der Waals surface area contributed by atoms with Gasteiger partial charge in [-0.3, -0.25) is 4.79 Å². The lowest BCUT2D eigenvalue weighted by Crippen LogP contribution is -2.09. The fourth-order valence-electron chi connectivity index (χ4n) is 2.22. The first-order chi connectivity index (χ1) is 8.92. The average molecular weight is 282 g/mol. The van der Waals surface area contributed by atoms with Gasteiger partial charge in [0, 0.05) is 6.42 Å². The summed E-state index contributed by atoms with van der Waals surface area (Å²) in [5, 5.41) is 0. The second-order valence-corrected chi connectivity index (χ2v) is 6.03. The minimum Gasteiger partial charge on any atom is -0.496 e. The highest BCUT2D eigenvalue weighted by atomic mass is 31.0. The topological polar surface area (TPSA) is 35.5 Å². The predicted molar refractivity (Wildman–Crippen MR) is 81.8 cm³/mol. The molecule has 0 spiro atoms. The Kier molecular flexibility index (Phi) is 5.81. The van der Waals surface area contributed by atoms with Gasteiger partial charge in [0.15, 0.2) is 5.78 Å². The highest BCUT2D eigenvalue weighted by Gasteiger charge is 2.22. The third-order valence-corrected chi connectivity index (χ3v) is 3.45. The van der Waals surface area contributed by atoms with Crippen LogP contribution in [0.15, 0.2) is 6.07 Å². The molecule has 2 atom stereocenters. The zero-order valence-corrected chi connectivity index (χ0v) is 13.5. The van der Waals surface area contributed by atoms with E-state index >= 15 is 0 Å². The molecule has 19 heavy (non-hydrogen) atoms. The number of hydrogen-bond acceptors (Lipinski definition) is 3. The van der Waals surface area contributed by atoms with Crippen LogP contribution >= 0.6 is 9.24 Å². The molecular weight excluding hydrogens is 259 g/mol. The quantitative estimate of drug-likeness (QED) is 0.591. The van der Waals surface area contributed by atoms with Crippen molar-refractivity contribution < 1.29 is 14.3 Å². The van der Waals surface area contributed by atoms with E-state index in [1.54, 1.807) is 14.2 Å². The van der Waals surface area contributed by atoms with Gasteiger partial charge in [-0.05, 0) is 43.1 Å². The van der Waals surface area contributed by atoms with E-state index in [1.165, 1.54) is 0 Å². The van der Waals surface area contributed by atoms with Crippen molar-refractivity contribution in [3.8, 4) is 11.5 Å². The maximum Gasteiger partial charge on any atom is 0.170 e. The highest BCUT2D eigenvalue weighted by molar-refractivity contribution is 7.17. The summed E-state index contributed by atoms with van der Waals surface area (Å²) in [5.74, 6) is 1.34. The van der Waals surface area contributed by atoms with Crippen molar-refractivity contribution in [2.45, 2.75) is 39.3 Å². The lowest BCUT2D eigenvalue weighted by atomic mass is 9.97. The summed E-state index contributed by atoms with van der Waals surface area (Å²) in [7, 11) is 5.89. The van der Waals surface area contributed by atoms with Crippen molar-refractivity contribution in [1.29, 1.82) is 0 Å². The Morgan fingerprint density at radius 3 is 2.05 bits per heavy atom. The standard InChI is InChI=1S/C15H23O3P/c1-9-8-10(2)15(18-5)13(14(9)17-4)12(16)7-6-11(3)19/h8,11H,6-7,19H2,1-5H3. The van der Waals surface area contributed by atoms with E-state index in [1.807, 2.05) is 19.9 Å². The summed E-state index contributed by atoms with van der Waals surface area (Å²) < 4.78 is 10.8.